The average Bonchev–Trinajstić information content (AvgIpc) is 2.83. The number of aryl methyl sites for hydroxylation is 2. The van der Waals surface area contributed by atoms with E-state index >= 15 is 0 Å². The summed E-state index contributed by atoms with van der Waals surface area (Å²) in [6.07, 6.45) is 0. The highest BCUT2D eigenvalue weighted by atomic mass is 32.1. The van der Waals surface area contributed by atoms with Gasteiger partial charge in [0.25, 0.3) is 5.69 Å². The summed E-state index contributed by atoms with van der Waals surface area (Å²) in [6.45, 7) is 4.44. The van der Waals surface area contributed by atoms with Crippen molar-refractivity contribution in [2.45, 2.75) is 20.4 Å². The van der Waals surface area contributed by atoms with Gasteiger partial charge < -0.3 is 5.32 Å². The molecule has 0 aliphatic carbocycles. The molecule has 0 amide bonds. The fraction of sp³-hybridized carbons (Fsp3) is 0.231. The highest BCUT2D eigenvalue weighted by molar-refractivity contribution is 7.07. The Morgan fingerprint density at radius 3 is 2.67 bits per heavy atom. The van der Waals surface area contributed by atoms with Crippen LogP contribution in [-0.4, -0.2) is 4.92 Å². The zero-order valence-corrected chi connectivity index (χ0v) is 11.1. The quantitative estimate of drug-likeness (QED) is 0.672. The van der Waals surface area contributed by atoms with Crippen molar-refractivity contribution < 1.29 is 4.92 Å². The molecule has 0 bridgehead atoms. The number of anilines is 1. The molecule has 5 heteroatoms. The minimum absolute atomic E-state index is 0.133. The zero-order valence-electron chi connectivity index (χ0n) is 10.3. The molecule has 0 saturated heterocycles. The molecule has 0 spiro atoms. The van der Waals surface area contributed by atoms with Crippen molar-refractivity contribution in [3.63, 3.8) is 0 Å². The number of hydrogen-bond donors (Lipinski definition) is 1. The number of nitro groups is 1. The maximum Gasteiger partial charge on any atom is 0.292 e. The molecule has 0 fully saturated rings. The molecule has 94 valence electrons. The van der Waals surface area contributed by atoms with E-state index in [1.807, 2.05) is 36.7 Å². The first-order valence-corrected chi connectivity index (χ1v) is 6.53. The lowest BCUT2D eigenvalue weighted by Gasteiger charge is -2.09. The Hall–Kier alpha value is -1.88. The zero-order chi connectivity index (χ0) is 13.1. The molecular formula is C13H14N2O2S. The highest BCUT2D eigenvalue weighted by Gasteiger charge is 2.15. The summed E-state index contributed by atoms with van der Waals surface area (Å²) in [5.74, 6) is 0. The number of nitrogens with zero attached hydrogens (tertiary/aromatic N) is 1. The van der Waals surface area contributed by atoms with Crippen LogP contribution >= 0.6 is 11.3 Å². The molecule has 1 heterocycles. The van der Waals surface area contributed by atoms with Crippen LogP contribution in [0.5, 0.6) is 0 Å². The van der Waals surface area contributed by atoms with Gasteiger partial charge in [-0.1, -0.05) is 0 Å². The van der Waals surface area contributed by atoms with Crippen molar-refractivity contribution in [3.8, 4) is 0 Å². The van der Waals surface area contributed by atoms with E-state index in [9.17, 15) is 10.1 Å². The molecule has 2 rings (SSSR count). The number of rotatable bonds is 4. The van der Waals surface area contributed by atoms with Crippen LogP contribution in [0.2, 0.25) is 0 Å². The Balaban J connectivity index is 2.25. The van der Waals surface area contributed by atoms with E-state index in [4.69, 9.17) is 0 Å². The first-order chi connectivity index (χ1) is 8.58. The Kier molecular flexibility index (Phi) is 3.62. The standard InChI is InChI=1S/C13H14N2O2S/c1-9-5-12(13(15(16)17)6-10(9)2)14-7-11-3-4-18-8-11/h3-6,8,14H,7H2,1-2H3. The molecule has 0 aliphatic rings. The number of nitrogens with one attached hydrogen (secondary N) is 1. The van der Waals surface area contributed by atoms with Gasteiger partial charge >= 0.3 is 0 Å². The van der Waals surface area contributed by atoms with Gasteiger partial charge in [-0.25, -0.2) is 0 Å². The molecule has 0 atom stereocenters. The summed E-state index contributed by atoms with van der Waals surface area (Å²) in [5.41, 5.74) is 3.83. The molecule has 0 radical (unpaired) electrons. The summed E-state index contributed by atoms with van der Waals surface area (Å²) in [5, 5.41) is 18.2. The van der Waals surface area contributed by atoms with Crippen molar-refractivity contribution in [2.24, 2.45) is 0 Å². The maximum absolute atomic E-state index is 11.0. The van der Waals surface area contributed by atoms with Crippen LogP contribution in [-0.2, 0) is 6.54 Å². The van der Waals surface area contributed by atoms with E-state index in [2.05, 4.69) is 5.32 Å². The maximum atomic E-state index is 11.0. The number of hydrogen-bond acceptors (Lipinski definition) is 4. The third-order valence-corrected chi connectivity index (χ3v) is 3.60. The summed E-state index contributed by atoms with van der Waals surface area (Å²) in [7, 11) is 0. The second-order valence-corrected chi connectivity index (χ2v) is 4.98. The minimum Gasteiger partial charge on any atom is -0.375 e. The third kappa shape index (κ3) is 2.68. The van der Waals surface area contributed by atoms with E-state index in [-0.39, 0.29) is 10.6 Å². The van der Waals surface area contributed by atoms with Crippen molar-refractivity contribution in [1.29, 1.82) is 0 Å². The molecule has 2 aromatic rings. The monoisotopic (exact) mass is 262 g/mol. The van der Waals surface area contributed by atoms with Crippen LogP contribution in [0.25, 0.3) is 0 Å². The molecule has 1 aromatic heterocycles. The predicted octanol–water partition coefficient (Wildman–Crippen LogP) is 3.89. The molecule has 0 aliphatic heterocycles. The number of thiophene rings is 1. The molecule has 1 aromatic carbocycles. The largest absolute Gasteiger partial charge is 0.375 e. The van der Waals surface area contributed by atoms with Crippen LogP contribution in [0.4, 0.5) is 11.4 Å². The van der Waals surface area contributed by atoms with Crippen LogP contribution in [0.3, 0.4) is 0 Å². The van der Waals surface area contributed by atoms with Gasteiger partial charge in [0.05, 0.1) is 4.92 Å². The van der Waals surface area contributed by atoms with Crippen molar-refractivity contribution in [3.05, 3.63) is 55.8 Å². The summed E-state index contributed by atoms with van der Waals surface area (Å²) in [4.78, 5) is 10.7. The fourth-order valence-corrected chi connectivity index (χ4v) is 2.35. The Morgan fingerprint density at radius 2 is 2.06 bits per heavy atom. The first-order valence-electron chi connectivity index (χ1n) is 5.58. The predicted molar refractivity (Wildman–Crippen MR) is 74.2 cm³/mol. The van der Waals surface area contributed by atoms with E-state index < -0.39 is 0 Å². The average molecular weight is 262 g/mol. The number of nitro benzene ring substituents is 1. The lowest BCUT2D eigenvalue weighted by Crippen LogP contribution is -2.03. The van der Waals surface area contributed by atoms with Crippen molar-refractivity contribution >= 4 is 22.7 Å². The van der Waals surface area contributed by atoms with Gasteiger partial charge in [-0.3, -0.25) is 10.1 Å². The van der Waals surface area contributed by atoms with Crippen LogP contribution in [0.15, 0.2) is 29.0 Å². The van der Waals surface area contributed by atoms with Gasteiger partial charge in [-0.15, -0.1) is 0 Å². The lowest BCUT2D eigenvalue weighted by molar-refractivity contribution is -0.384. The van der Waals surface area contributed by atoms with Crippen LogP contribution < -0.4 is 5.32 Å². The highest BCUT2D eigenvalue weighted by Crippen LogP contribution is 2.28. The van der Waals surface area contributed by atoms with Crippen LogP contribution in [0, 0.1) is 24.0 Å². The van der Waals surface area contributed by atoms with Crippen molar-refractivity contribution in [2.75, 3.05) is 5.32 Å². The van der Waals surface area contributed by atoms with E-state index in [0.29, 0.717) is 12.2 Å². The Labute approximate surface area is 109 Å². The SMILES string of the molecule is Cc1cc(NCc2ccsc2)c([N+](=O)[O-])cc1C. The fourth-order valence-electron chi connectivity index (χ4n) is 1.68. The molecule has 18 heavy (non-hydrogen) atoms. The number of benzene rings is 1. The van der Waals surface area contributed by atoms with E-state index in [0.717, 1.165) is 16.7 Å². The van der Waals surface area contributed by atoms with Gasteiger partial charge in [0.2, 0.25) is 0 Å². The molecule has 0 saturated carbocycles. The molecule has 0 unspecified atom stereocenters. The van der Waals surface area contributed by atoms with Gasteiger partial charge in [0.15, 0.2) is 0 Å². The topological polar surface area (TPSA) is 55.2 Å². The molecular weight excluding hydrogens is 248 g/mol. The normalized spacial score (nSPS) is 10.3. The van der Waals surface area contributed by atoms with Gasteiger partial charge in [0, 0.05) is 12.6 Å². The van der Waals surface area contributed by atoms with E-state index in [1.54, 1.807) is 17.4 Å². The summed E-state index contributed by atoms with van der Waals surface area (Å²) < 4.78 is 0. The van der Waals surface area contributed by atoms with Gasteiger partial charge in [-0.05, 0) is 53.4 Å². The smallest absolute Gasteiger partial charge is 0.292 e. The van der Waals surface area contributed by atoms with Crippen molar-refractivity contribution in [1.82, 2.24) is 0 Å². The lowest BCUT2D eigenvalue weighted by atomic mass is 10.1. The molecule has 1 N–H and O–H groups in total. The second kappa shape index (κ2) is 5.18. The Morgan fingerprint density at radius 1 is 1.33 bits per heavy atom. The minimum atomic E-state index is -0.345. The summed E-state index contributed by atoms with van der Waals surface area (Å²) in [6, 6.07) is 5.45. The molecule has 4 nitrogen and oxygen atoms in total. The van der Waals surface area contributed by atoms with E-state index in [1.165, 1.54) is 0 Å². The summed E-state index contributed by atoms with van der Waals surface area (Å²) >= 11 is 1.62. The Bertz CT molecular complexity index is 565. The first kappa shape index (κ1) is 12.6. The second-order valence-electron chi connectivity index (χ2n) is 4.20. The van der Waals surface area contributed by atoms with Gasteiger partial charge in [-0.2, -0.15) is 11.3 Å². The third-order valence-electron chi connectivity index (χ3n) is 2.87. The van der Waals surface area contributed by atoms with Crippen LogP contribution in [0.1, 0.15) is 16.7 Å². The van der Waals surface area contributed by atoms with Gasteiger partial charge in [0.1, 0.15) is 5.69 Å².